The van der Waals surface area contributed by atoms with Gasteiger partial charge >= 0.3 is 0 Å². The maximum Gasteiger partial charge on any atom is 0.269 e. The predicted molar refractivity (Wildman–Crippen MR) is 80.4 cm³/mol. The minimum atomic E-state index is -0.555. The van der Waals surface area contributed by atoms with Crippen LogP contribution in [0.4, 0.5) is 5.69 Å². The lowest BCUT2D eigenvalue weighted by Crippen LogP contribution is -2.00. The molecule has 1 aromatic carbocycles. The van der Waals surface area contributed by atoms with Crippen molar-refractivity contribution in [2.24, 2.45) is 0 Å². The fraction of sp³-hybridized carbons (Fsp3) is 0.533. The molecule has 0 aliphatic carbocycles. The largest absolute Gasteiger partial charge is 0.276 e. The fourth-order valence-corrected chi connectivity index (χ4v) is 2.37. The zero-order chi connectivity index (χ0) is 15.0. The van der Waals surface area contributed by atoms with Crippen LogP contribution in [0.3, 0.4) is 0 Å². The van der Waals surface area contributed by atoms with Gasteiger partial charge in [-0.15, -0.1) is 0 Å². The van der Waals surface area contributed by atoms with Crippen LogP contribution in [-0.2, 0) is 6.42 Å². The minimum absolute atomic E-state index is 0.00708. The molecule has 0 amide bonds. The molecule has 110 valence electrons. The highest BCUT2D eigenvalue weighted by atomic mass is 35.5. The van der Waals surface area contributed by atoms with Crippen molar-refractivity contribution >= 4 is 22.5 Å². The number of hydrogen-bond donors (Lipinski definition) is 0. The molecular formula is C15H20ClNO3. The molecule has 0 aromatic heterocycles. The third kappa shape index (κ3) is 5.29. The summed E-state index contributed by atoms with van der Waals surface area (Å²) in [7, 11) is 0. The van der Waals surface area contributed by atoms with Gasteiger partial charge in [-0.05, 0) is 36.1 Å². The van der Waals surface area contributed by atoms with E-state index in [0.29, 0.717) is 17.5 Å². The third-order valence-corrected chi connectivity index (χ3v) is 3.51. The van der Waals surface area contributed by atoms with Gasteiger partial charge in [-0.3, -0.25) is 14.9 Å². The molecule has 0 bridgehead atoms. The number of non-ortho nitro benzene ring substituents is 1. The maximum absolute atomic E-state index is 11.3. The van der Waals surface area contributed by atoms with E-state index in [2.05, 4.69) is 6.92 Å². The van der Waals surface area contributed by atoms with Gasteiger partial charge in [-0.1, -0.05) is 39.0 Å². The molecule has 0 heterocycles. The number of carbonyl (C=O) groups is 1. The van der Waals surface area contributed by atoms with E-state index in [1.165, 1.54) is 37.5 Å². The number of nitrogens with zero attached hydrogens (tertiary/aromatic N) is 1. The second-order valence-corrected chi connectivity index (χ2v) is 5.23. The molecule has 0 saturated heterocycles. The van der Waals surface area contributed by atoms with E-state index < -0.39 is 10.2 Å². The van der Waals surface area contributed by atoms with Gasteiger partial charge in [0, 0.05) is 17.7 Å². The highest BCUT2D eigenvalue weighted by molar-refractivity contribution is 6.67. The molecular weight excluding hydrogens is 278 g/mol. The lowest BCUT2D eigenvalue weighted by Gasteiger charge is -2.06. The third-order valence-electron chi connectivity index (χ3n) is 3.31. The van der Waals surface area contributed by atoms with Gasteiger partial charge in [0.05, 0.1) is 4.92 Å². The van der Waals surface area contributed by atoms with Crippen LogP contribution in [-0.4, -0.2) is 10.2 Å². The molecule has 0 N–H and O–H groups in total. The Bertz CT molecular complexity index is 474. The number of benzene rings is 1. The van der Waals surface area contributed by atoms with Gasteiger partial charge in [0.15, 0.2) is 0 Å². The molecule has 0 unspecified atom stereocenters. The highest BCUT2D eigenvalue weighted by Crippen LogP contribution is 2.21. The van der Waals surface area contributed by atoms with Crippen molar-refractivity contribution in [1.29, 1.82) is 0 Å². The van der Waals surface area contributed by atoms with E-state index in [1.54, 1.807) is 0 Å². The Kier molecular flexibility index (Phi) is 7.23. The molecule has 0 atom stereocenters. The standard InChI is InChI=1S/C15H20ClNO3/c1-2-3-4-5-6-7-8-12-11-13(17(19)20)9-10-14(12)15(16)18/h9-11H,2-8H2,1H3. The van der Waals surface area contributed by atoms with Gasteiger partial charge in [0.25, 0.3) is 10.9 Å². The summed E-state index contributed by atoms with van der Waals surface area (Å²) in [5.74, 6) is 0. The van der Waals surface area contributed by atoms with E-state index in [0.717, 1.165) is 19.3 Å². The van der Waals surface area contributed by atoms with E-state index >= 15 is 0 Å². The van der Waals surface area contributed by atoms with Crippen molar-refractivity contribution in [3.05, 3.63) is 39.4 Å². The number of aryl methyl sites for hydroxylation is 1. The SMILES string of the molecule is CCCCCCCCc1cc([N+](=O)[O-])ccc1C(=O)Cl. The van der Waals surface area contributed by atoms with Gasteiger partial charge in [-0.25, -0.2) is 0 Å². The lowest BCUT2D eigenvalue weighted by atomic mass is 10.0. The molecule has 5 heteroatoms. The van der Waals surface area contributed by atoms with Crippen LogP contribution in [0.2, 0.25) is 0 Å². The van der Waals surface area contributed by atoms with Gasteiger partial charge < -0.3 is 0 Å². The molecule has 1 aromatic rings. The molecule has 0 aliphatic heterocycles. The zero-order valence-corrected chi connectivity index (χ0v) is 12.5. The average Bonchev–Trinajstić information content (AvgIpc) is 2.42. The molecule has 1 rings (SSSR count). The highest BCUT2D eigenvalue weighted by Gasteiger charge is 2.14. The summed E-state index contributed by atoms with van der Waals surface area (Å²) in [6, 6.07) is 4.22. The minimum Gasteiger partial charge on any atom is -0.276 e. The van der Waals surface area contributed by atoms with Crippen LogP contribution in [0.1, 0.15) is 61.4 Å². The summed E-state index contributed by atoms with van der Waals surface area (Å²) in [6.45, 7) is 2.17. The number of carbonyl (C=O) groups excluding carboxylic acids is 1. The summed E-state index contributed by atoms with van der Waals surface area (Å²) in [5.41, 5.74) is 1.06. The molecule has 0 radical (unpaired) electrons. The smallest absolute Gasteiger partial charge is 0.269 e. The van der Waals surface area contributed by atoms with Crippen LogP contribution in [0, 0.1) is 10.1 Å². The number of hydrogen-bond acceptors (Lipinski definition) is 3. The fourth-order valence-electron chi connectivity index (χ4n) is 2.19. The van der Waals surface area contributed by atoms with Crippen LogP contribution in [0.15, 0.2) is 18.2 Å². The molecule has 0 fully saturated rings. The predicted octanol–water partition coefficient (Wildman–Crippen LogP) is 4.88. The quantitative estimate of drug-likeness (QED) is 0.282. The van der Waals surface area contributed by atoms with Crippen LogP contribution >= 0.6 is 11.6 Å². The van der Waals surface area contributed by atoms with E-state index in [1.807, 2.05) is 0 Å². The first kappa shape index (κ1) is 16.6. The van der Waals surface area contributed by atoms with Crippen molar-refractivity contribution in [2.75, 3.05) is 0 Å². The second-order valence-electron chi connectivity index (χ2n) is 4.89. The summed E-state index contributed by atoms with van der Waals surface area (Å²) < 4.78 is 0. The molecule has 4 nitrogen and oxygen atoms in total. The molecule has 0 saturated carbocycles. The summed E-state index contributed by atoms with van der Waals surface area (Å²) in [4.78, 5) is 21.6. The first-order valence-corrected chi connectivity index (χ1v) is 7.41. The van der Waals surface area contributed by atoms with Gasteiger partial charge in [0.1, 0.15) is 0 Å². The topological polar surface area (TPSA) is 60.2 Å². The van der Waals surface area contributed by atoms with Gasteiger partial charge in [0.2, 0.25) is 0 Å². The van der Waals surface area contributed by atoms with Crippen LogP contribution in [0.25, 0.3) is 0 Å². The number of nitro benzene ring substituents is 1. The van der Waals surface area contributed by atoms with E-state index in [9.17, 15) is 14.9 Å². The molecule has 0 aliphatic rings. The lowest BCUT2D eigenvalue weighted by molar-refractivity contribution is -0.384. The Morgan fingerprint density at radius 2 is 1.85 bits per heavy atom. The van der Waals surface area contributed by atoms with Crippen LogP contribution in [0.5, 0.6) is 0 Å². The van der Waals surface area contributed by atoms with Crippen LogP contribution < -0.4 is 0 Å². The first-order chi connectivity index (χ1) is 9.56. The average molecular weight is 298 g/mol. The maximum atomic E-state index is 11.3. The van der Waals surface area contributed by atoms with Crippen molar-refractivity contribution < 1.29 is 9.72 Å². The number of nitro groups is 1. The van der Waals surface area contributed by atoms with Gasteiger partial charge in [-0.2, -0.15) is 0 Å². The van der Waals surface area contributed by atoms with E-state index in [4.69, 9.17) is 11.6 Å². The Morgan fingerprint density at radius 1 is 1.20 bits per heavy atom. The first-order valence-electron chi connectivity index (χ1n) is 7.03. The Hall–Kier alpha value is -1.42. The second kappa shape index (κ2) is 8.69. The van der Waals surface area contributed by atoms with Crippen molar-refractivity contribution in [3.63, 3.8) is 0 Å². The zero-order valence-electron chi connectivity index (χ0n) is 11.7. The summed E-state index contributed by atoms with van der Waals surface area (Å²) in [5, 5.41) is 10.2. The van der Waals surface area contributed by atoms with Crippen molar-refractivity contribution in [1.82, 2.24) is 0 Å². The number of rotatable bonds is 9. The Morgan fingerprint density at radius 3 is 2.45 bits per heavy atom. The van der Waals surface area contributed by atoms with E-state index in [-0.39, 0.29) is 5.69 Å². The summed E-state index contributed by atoms with van der Waals surface area (Å²) >= 11 is 5.51. The normalized spacial score (nSPS) is 10.5. The number of halogens is 1. The molecule has 20 heavy (non-hydrogen) atoms. The summed E-state index contributed by atoms with van der Waals surface area (Å²) in [6.07, 6.45) is 7.46. The van der Waals surface area contributed by atoms with Crippen molar-refractivity contribution in [3.8, 4) is 0 Å². The van der Waals surface area contributed by atoms with Crippen molar-refractivity contribution in [2.45, 2.75) is 51.9 Å². The molecule has 0 spiro atoms. The monoisotopic (exact) mass is 297 g/mol. The number of unbranched alkanes of at least 4 members (excludes halogenated alkanes) is 5. The Labute approximate surface area is 124 Å². The Balaban J connectivity index is 2.63.